The highest BCUT2D eigenvalue weighted by atomic mass is 32.1. The van der Waals surface area contributed by atoms with Crippen LogP contribution in [-0.2, 0) is 0 Å². The summed E-state index contributed by atoms with van der Waals surface area (Å²) < 4.78 is 0. The molecule has 2 aromatic heterocycles. The molecule has 0 bridgehead atoms. The van der Waals surface area contributed by atoms with E-state index in [0.717, 1.165) is 10.6 Å². The average molecular weight is 206 g/mol. The van der Waals surface area contributed by atoms with Gasteiger partial charge in [-0.05, 0) is 19.1 Å². The lowest BCUT2D eigenvalue weighted by Crippen LogP contribution is -1.90. The summed E-state index contributed by atoms with van der Waals surface area (Å²) >= 11 is 1.52. The monoisotopic (exact) mass is 206 g/mol. The molecule has 0 aliphatic carbocycles. The molecular weight excluding hydrogens is 196 g/mol. The van der Waals surface area contributed by atoms with Gasteiger partial charge in [0.25, 0.3) is 0 Å². The van der Waals surface area contributed by atoms with Crippen molar-refractivity contribution in [1.82, 2.24) is 9.97 Å². The third-order valence-corrected chi connectivity index (χ3v) is 2.77. The zero-order chi connectivity index (χ0) is 9.97. The maximum atomic E-state index is 9.31. The van der Waals surface area contributed by atoms with Gasteiger partial charge in [0.2, 0.25) is 0 Å². The first-order chi connectivity index (χ1) is 6.77. The third-order valence-electron chi connectivity index (χ3n) is 1.86. The van der Waals surface area contributed by atoms with Crippen molar-refractivity contribution >= 4 is 11.3 Å². The first-order valence-corrected chi connectivity index (χ1v) is 5.19. The van der Waals surface area contributed by atoms with E-state index in [9.17, 15) is 5.11 Å². The van der Waals surface area contributed by atoms with E-state index in [0.29, 0.717) is 5.69 Å². The van der Waals surface area contributed by atoms with Crippen molar-refractivity contribution in [1.29, 1.82) is 0 Å². The summed E-state index contributed by atoms with van der Waals surface area (Å²) in [7, 11) is 0. The van der Waals surface area contributed by atoms with E-state index in [1.165, 1.54) is 11.3 Å². The number of hydrogen-bond donors (Lipinski definition) is 1. The molecule has 72 valence electrons. The van der Waals surface area contributed by atoms with Crippen molar-refractivity contribution in [2.24, 2.45) is 0 Å². The maximum Gasteiger partial charge on any atom is 0.125 e. The molecule has 0 aromatic carbocycles. The number of aliphatic hydroxyl groups is 1. The van der Waals surface area contributed by atoms with Crippen LogP contribution in [0, 0.1) is 0 Å². The molecule has 1 atom stereocenters. The van der Waals surface area contributed by atoms with Crippen LogP contribution in [0.4, 0.5) is 0 Å². The number of thiazole rings is 1. The fourth-order valence-corrected chi connectivity index (χ4v) is 2.00. The Kier molecular flexibility index (Phi) is 2.56. The summed E-state index contributed by atoms with van der Waals surface area (Å²) in [6.45, 7) is 1.71. The molecule has 0 amide bonds. The molecule has 0 radical (unpaired) electrons. The van der Waals surface area contributed by atoms with Crippen LogP contribution in [0.5, 0.6) is 0 Å². The summed E-state index contributed by atoms with van der Waals surface area (Å²) in [5.41, 5.74) is 1.71. The molecule has 0 fully saturated rings. The van der Waals surface area contributed by atoms with E-state index < -0.39 is 6.10 Å². The van der Waals surface area contributed by atoms with Crippen LogP contribution in [0.25, 0.3) is 10.6 Å². The fraction of sp³-hybridized carbons (Fsp3) is 0.200. The first-order valence-electron chi connectivity index (χ1n) is 4.31. The second-order valence-electron chi connectivity index (χ2n) is 3.00. The van der Waals surface area contributed by atoms with Crippen LogP contribution >= 0.6 is 11.3 Å². The van der Waals surface area contributed by atoms with E-state index >= 15 is 0 Å². The molecule has 2 rings (SSSR count). The van der Waals surface area contributed by atoms with Gasteiger partial charge in [0.1, 0.15) is 5.01 Å². The van der Waals surface area contributed by atoms with Gasteiger partial charge in [0, 0.05) is 23.3 Å². The molecule has 2 heterocycles. The SMILES string of the molecule is CC(O)c1csc(-c2cccnc2)n1. The lowest BCUT2D eigenvalue weighted by Gasteiger charge is -1.96. The largest absolute Gasteiger partial charge is 0.387 e. The lowest BCUT2D eigenvalue weighted by atomic mass is 10.3. The molecule has 0 spiro atoms. The summed E-state index contributed by atoms with van der Waals surface area (Å²) in [6.07, 6.45) is 2.99. The normalized spacial score (nSPS) is 12.7. The number of pyridine rings is 1. The van der Waals surface area contributed by atoms with E-state index in [-0.39, 0.29) is 0 Å². The zero-order valence-electron chi connectivity index (χ0n) is 7.71. The van der Waals surface area contributed by atoms with Gasteiger partial charge in [-0.15, -0.1) is 11.3 Å². The quantitative estimate of drug-likeness (QED) is 0.819. The smallest absolute Gasteiger partial charge is 0.125 e. The van der Waals surface area contributed by atoms with Gasteiger partial charge in [-0.25, -0.2) is 4.98 Å². The molecule has 0 aliphatic rings. The molecule has 2 aromatic rings. The van der Waals surface area contributed by atoms with Gasteiger partial charge in [0.05, 0.1) is 11.8 Å². The topological polar surface area (TPSA) is 46.0 Å². The molecule has 4 heteroatoms. The standard InChI is InChI=1S/C10H10N2OS/c1-7(13)9-6-14-10(12-9)8-3-2-4-11-5-8/h2-7,13H,1H3. The molecule has 0 saturated heterocycles. The number of hydrogen-bond acceptors (Lipinski definition) is 4. The zero-order valence-corrected chi connectivity index (χ0v) is 8.53. The predicted octanol–water partition coefficient (Wildman–Crippen LogP) is 2.26. The Morgan fingerprint density at radius 1 is 1.50 bits per heavy atom. The third kappa shape index (κ3) is 1.81. The van der Waals surface area contributed by atoms with Gasteiger partial charge >= 0.3 is 0 Å². The van der Waals surface area contributed by atoms with Crippen LogP contribution in [-0.4, -0.2) is 15.1 Å². The van der Waals surface area contributed by atoms with Crippen molar-refractivity contribution in [2.75, 3.05) is 0 Å². The molecule has 1 unspecified atom stereocenters. The number of rotatable bonds is 2. The van der Waals surface area contributed by atoms with E-state index in [4.69, 9.17) is 0 Å². The Hall–Kier alpha value is -1.26. The van der Waals surface area contributed by atoms with Crippen molar-refractivity contribution in [3.63, 3.8) is 0 Å². The fourth-order valence-electron chi connectivity index (χ4n) is 1.10. The number of aromatic nitrogens is 2. The van der Waals surface area contributed by atoms with Gasteiger partial charge in [-0.1, -0.05) is 0 Å². The van der Waals surface area contributed by atoms with Crippen LogP contribution < -0.4 is 0 Å². The maximum absolute atomic E-state index is 9.31. The molecule has 0 saturated carbocycles. The van der Waals surface area contributed by atoms with Crippen molar-refractivity contribution < 1.29 is 5.11 Å². The molecule has 3 nitrogen and oxygen atoms in total. The Morgan fingerprint density at radius 2 is 2.36 bits per heavy atom. The van der Waals surface area contributed by atoms with Crippen LogP contribution in [0.15, 0.2) is 29.9 Å². The van der Waals surface area contributed by atoms with Crippen molar-refractivity contribution in [3.05, 3.63) is 35.6 Å². The highest BCUT2D eigenvalue weighted by Gasteiger charge is 2.07. The first kappa shape index (κ1) is 9.30. The average Bonchev–Trinajstić information content (AvgIpc) is 2.68. The van der Waals surface area contributed by atoms with E-state index in [2.05, 4.69) is 9.97 Å². The minimum Gasteiger partial charge on any atom is -0.387 e. The van der Waals surface area contributed by atoms with Crippen molar-refractivity contribution in [3.8, 4) is 10.6 Å². The van der Waals surface area contributed by atoms with Crippen LogP contribution in [0.2, 0.25) is 0 Å². The van der Waals surface area contributed by atoms with Gasteiger partial charge < -0.3 is 5.11 Å². The number of aliphatic hydroxyl groups excluding tert-OH is 1. The molecule has 1 N–H and O–H groups in total. The molecule has 14 heavy (non-hydrogen) atoms. The summed E-state index contributed by atoms with van der Waals surface area (Å²) in [4.78, 5) is 8.33. The highest BCUT2D eigenvalue weighted by molar-refractivity contribution is 7.13. The minimum atomic E-state index is -0.503. The van der Waals surface area contributed by atoms with Crippen LogP contribution in [0.3, 0.4) is 0 Å². The van der Waals surface area contributed by atoms with Gasteiger partial charge in [0.15, 0.2) is 0 Å². The Balaban J connectivity index is 2.34. The second-order valence-corrected chi connectivity index (χ2v) is 3.85. The van der Waals surface area contributed by atoms with Gasteiger partial charge in [-0.2, -0.15) is 0 Å². The van der Waals surface area contributed by atoms with Crippen molar-refractivity contribution in [2.45, 2.75) is 13.0 Å². The Morgan fingerprint density at radius 3 is 2.93 bits per heavy atom. The van der Waals surface area contributed by atoms with E-state index in [1.54, 1.807) is 19.3 Å². The van der Waals surface area contributed by atoms with E-state index in [1.807, 2.05) is 17.5 Å². The summed E-state index contributed by atoms with van der Waals surface area (Å²) in [6, 6.07) is 3.83. The minimum absolute atomic E-state index is 0.503. The highest BCUT2D eigenvalue weighted by Crippen LogP contribution is 2.25. The lowest BCUT2D eigenvalue weighted by molar-refractivity contribution is 0.195. The summed E-state index contributed by atoms with van der Waals surface area (Å²) in [5, 5.41) is 12.1. The summed E-state index contributed by atoms with van der Waals surface area (Å²) in [5.74, 6) is 0. The Bertz CT molecular complexity index is 411. The van der Waals surface area contributed by atoms with Crippen LogP contribution in [0.1, 0.15) is 18.7 Å². The molecular formula is C10H10N2OS. The number of nitrogens with zero attached hydrogens (tertiary/aromatic N) is 2. The van der Waals surface area contributed by atoms with Gasteiger partial charge in [-0.3, -0.25) is 4.98 Å². The molecule has 0 aliphatic heterocycles. The second kappa shape index (κ2) is 3.86. The Labute approximate surface area is 86.1 Å². The predicted molar refractivity (Wildman–Crippen MR) is 56.0 cm³/mol.